The van der Waals surface area contributed by atoms with E-state index in [9.17, 15) is 0 Å². The molecule has 90 valence electrons. The van der Waals surface area contributed by atoms with Gasteiger partial charge in [0.15, 0.2) is 6.10 Å². The highest BCUT2D eigenvalue weighted by molar-refractivity contribution is 5.91. The Hall–Kier alpha value is -2.12. The minimum atomic E-state index is -0.342. The molecule has 1 saturated heterocycles. The number of fused-ring (bicyclic) bond motifs is 1. The van der Waals surface area contributed by atoms with Crippen molar-refractivity contribution >= 4 is 16.6 Å². The lowest BCUT2D eigenvalue weighted by Crippen LogP contribution is -2.41. The third kappa shape index (κ3) is 1.89. The van der Waals surface area contributed by atoms with Crippen LogP contribution in [0.3, 0.4) is 0 Å². The first-order valence-corrected chi connectivity index (χ1v) is 5.98. The molecule has 4 heteroatoms. The topological polar surface area (TPSA) is 49.2 Å². The lowest BCUT2D eigenvalue weighted by atomic mass is 10.1. The fraction of sp³-hybridized carbons (Fsp3) is 0.286. The molecule has 2 heterocycles. The molecule has 2 aromatic rings. The van der Waals surface area contributed by atoms with Crippen LogP contribution in [0.4, 0.5) is 5.69 Å². The highest BCUT2D eigenvalue weighted by atomic mass is 16.5. The van der Waals surface area contributed by atoms with Crippen molar-refractivity contribution < 1.29 is 4.74 Å². The van der Waals surface area contributed by atoms with Gasteiger partial charge in [-0.1, -0.05) is 18.2 Å². The number of para-hydroxylation sites is 1. The first-order chi connectivity index (χ1) is 8.88. The van der Waals surface area contributed by atoms with Crippen LogP contribution in [0.1, 0.15) is 0 Å². The van der Waals surface area contributed by atoms with E-state index in [2.05, 4.69) is 22.0 Å². The number of nitriles is 1. The van der Waals surface area contributed by atoms with Crippen molar-refractivity contribution in [2.45, 2.75) is 6.10 Å². The number of hydrogen-bond donors (Lipinski definition) is 0. The molecule has 0 spiro atoms. The first kappa shape index (κ1) is 11.0. The number of nitrogens with zero attached hydrogens (tertiary/aromatic N) is 3. The Morgan fingerprint density at radius 3 is 3.11 bits per heavy atom. The van der Waals surface area contributed by atoms with E-state index in [4.69, 9.17) is 10.00 Å². The zero-order valence-electron chi connectivity index (χ0n) is 9.91. The van der Waals surface area contributed by atoms with Crippen molar-refractivity contribution in [3.05, 3.63) is 36.5 Å². The second kappa shape index (κ2) is 4.63. The first-order valence-electron chi connectivity index (χ1n) is 5.98. The van der Waals surface area contributed by atoms with Crippen LogP contribution >= 0.6 is 0 Å². The highest BCUT2D eigenvalue weighted by Gasteiger charge is 2.21. The molecule has 1 aliphatic rings. The fourth-order valence-electron chi connectivity index (χ4n) is 2.30. The Kier molecular flexibility index (Phi) is 2.83. The highest BCUT2D eigenvalue weighted by Crippen LogP contribution is 2.26. The normalized spacial score (nSPS) is 19.7. The van der Waals surface area contributed by atoms with Crippen molar-refractivity contribution in [1.82, 2.24) is 4.98 Å². The Labute approximate surface area is 105 Å². The standard InChI is InChI=1S/C14H13N3O/c15-9-11-10-17(7-8-18-11)14-5-6-16-13-4-2-1-3-12(13)14/h1-6,11H,7-8,10H2. The molecule has 4 nitrogen and oxygen atoms in total. The van der Waals surface area contributed by atoms with E-state index in [-0.39, 0.29) is 6.10 Å². The monoisotopic (exact) mass is 239 g/mol. The second-order valence-corrected chi connectivity index (χ2v) is 4.28. The van der Waals surface area contributed by atoms with Gasteiger partial charge in [-0.3, -0.25) is 4.98 Å². The average molecular weight is 239 g/mol. The van der Waals surface area contributed by atoms with Crippen LogP contribution < -0.4 is 4.90 Å². The molecule has 0 amide bonds. The molecule has 1 aromatic carbocycles. The van der Waals surface area contributed by atoms with E-state index in [1.165, 1.54) is 0 Å². The lowest BCUT2D eigenvalue weighted by Gasteiger charge is -2.32. The van der Waals surface area contributed by atoms with Crippen molar-refractivity contribution in [1.29, 1.82) is 5.26 Å². The average Bonchev–Trinajstić information content (AvgIpc) is 2.47. The van der Waals surface area contributed by atoms with Gasteiger partial charge in [0.2, 0.25) is 0 Å². The van der Waals surface area contributed by atoms with Crippen LogP contribution in [-0.2, 0) is 4.74 Å². The van der Waals surface area contributed by atoms with Crippen LogP contribution in [0.25, 0.3) is 10.9 Å². The molecule has 0 saturated carbocycles. The molecule has 1 aromatic heterocycles. The van der Waals surface area contributed by atoms with Gasteiger partial charge < -0.3 is 9.64 Å². The molecule has 1 atom stereocenters. The summed E-state index contributed by atoms with van der Waals surface area (Å²) in [5.74, 6) is 0. The molecule has 0 radical (unpaired) electrons. The van der Waals surface area contributed by atoms with E-state index < -0.39 is 0 Å². The molecule has 0 N–H and O–H groups in total. The molecule has 18 heavy (non-hydrogen) atoms. The van der Waals surface area contributed by atoms with E-state index in [0.29, 0.717) is 13.2 Å². The van der Waals surface area contributed by atoms with Gasteiger partial charge in [0.25, 0.3) is 0 Å². The molecule has 0 aliphatic carbocycles. The SMILES string of the molecule is N#CC1CN(c2ccnc3ccccc23)CCO1. The maximum atomic E-state index is 8.95. The van der Waals surface area contributed by atoms with Gasteiger partial charge in [-0.05, 0) is 12.1 Å². The fourth-order valence-corrected chi connectivity index (χ4v) is 2.30. The van der Waals surface area contributed by atoms with E-state index in [1.54, 1.807) is 0 Å². The number of benzene rings is 1. The smallest absolute Gasteiger partial charge is 0.161 e. The van der Waals surface area contributed by atoms with Crippen LogP contribution in [0, 0.1) is 11.3 Å². The molecular weight excluding hydrogens is 226 g/mol. The molecule has 3 rings (SSSR count). The molecule has 1 aliphatic heterocycles. The summed E-state index contributed by atoms with van der Waals surface area (Å²) in [6.45, 7) is 2.02. The summed E-state index contributed by atoms with van der Waals surface area (Å²) < 4.78 is 5.37. The van der Waals surface area contributed by atoms with Gasteiger partial charge in [0.05, 0.1) is 24.7 Å². The van der Waals surface area contributed by atoms with E-state index >= 15 is 0 Å². The van der Waals surface area contributed by atoms with Gasteiger partial charge in [0, 0.05) is 23.8 Å². The number of morpholine rings is 1. The zero-order chi connectivity index (χ0) is 12.4. The van der Waals surface area contributed by atoms with Crippen LogP contribution in [0.15, 0.2) is 36.5 Å². The van der Waals surface area contributed by atoms with E-state index in [1.807, 2.05) is 30.5 Å². The molecular formula is C14H13N3O. The Bertz CT molecular complexity index is 600. The van der Waals surface area contributed by atoms with Crippen molar-refractivity contribution in [3.63, 3.8) is 0 Å². The molecule has 1 fully saturated rings. The van der Waals surface area contributed by atoms with Crippen LogP contribution in [-0.4, -0.2) is 30.8 Å². The maximum Gasteiger partial charge on any atom is 0.161 e. The Balaban J connectivity index is 2.01. The third-order valence-corrected chi connectivity index (χ3v) is 3.18. The second-order valence-electron chi connectivity index (χ2n) is 4.28. The maximum absolute atomic E-state index is 8.95. The van der Waals surface area contributed by atoms with Gasteiger partial charge >= 0.3 is 0 Å². The predicted molar refractivity (Wildman–Crippen MR) is 69.3 cm³/mol. The number of hydrogen-bond acceptors (Lipinski definition) is 4. The minimum absolute atomic E-state index is 0.342. The Morgan fingerprint density at radius 1 is 1.33 bits per heavy atom. The van der Waals surface area contributed by atoms with Crippen LogP contribution in [0.2, 0.25) is 0 Å². The lowest BCUT2D eigenvalue weighted by molar-refractivity contribution is 0.0765. The zero-order valence-corrected chi connectivity index (χ0v) is 9.91. The summed E-state index contributed by atoms with van der Waals surface area (Å²) in [5, 5.41) is 10.1. The quantitative estimate of drug-likeness (QED) is 0.763. The van der Waals surface area contributed by atoms with Crippen molar-refractivity contribution in [2.24, 2.45) is 0 Å². The minimum Gasteiger partial charge on any atom is -0.365 e. The summed E-state index contributed by atoms with van der Waals surface area (Å²) in [6.07, 6.45) is 1.47. The van der Waals surface area contributed by atoms with Gasteiger partial charge in [-0.15, -0.1) is 0 Å². The van der Waals surface area contributed by atoms with Gasteiger partial charge in [0.1, 0.15) is 0 Å². The number of anilines is 1. The van der Waals surface area contributed by atoms with Gasteiger partial charge in [-0.25, -0.2) is 0 Å². The summed E-state index contributed by atoms with van der Waals surface area (Å²) >= 11 is 0. The molecule has 0 bridgehead atoms. The summed E-state index contributed by atoms with van der Waals surface area (Å²) in [4.78, 5) is 6.55. The third-order valence-electron chi connectivity index (χ3n) is 3.18. The molecule has 1 unspecified atom stereocenters. The van der Waals surface area contributed by atoms with Crippen molar-refractivity contribution in [2.75, 3.05) is 24.6 Å². The summed E-state index contributed by atoms with van der Waals surface area (Å²) in [7, 11) is 0. The number of pyridine rings is 1. The number of rotatable bonds is 1. The van der Waals surface area contributed by atoms with Crippen molar-refractivity contribution in [3.8, 4) is 6.07 Å². The number of aromatic nitrogens is 1. The van der Waals surface area contributed by atoms with E-state index in [0.717, 1.165) is 23.1 Å². The van der Waals surface area contributed by atoms with Crippen LogP contribution in [0.5, 0.6) is 0 Å². The van der Waals surface area contributed by atoms with Gasteiger partial charge in [-0.2, -0.15) is 5.26 Å². The Morgan fingerprint density at radius 2 is 2.22 bits per heavy atom. The largest absolute Gasteiger partial charge is 0.365 e. The summed E-state index contributed by atoms with van der Waals surface area (Å²) in [6, 6.07) is 12.2. The summed E-state index contributed by atoms with van der Waals surface area (Å²) in [5.41, 5.74) is 2.11. The predicted octanol–water partition coefficient (Wildman–Crippen LogP) is 1.96. The number of ether oxygens (including phenoxy) is 1.